The second-order valence-electron chi connectivity index (χ2n) is 4.19. The van der Waals surface area contributed by atoms with E-state index in [0.717, 1.165) is 0 Å². The van der Waals surface area contributed by atoms with Gasteiger partial charge in [-0.3, -0.25) is 4.79 Å². The van der Waals surface area contributed by atoms with E-state index in [9.17, 15) is 4.79 Å². The third-order valence-electron chi connectivity index (χ3n) is 2.74. The fourth-order valence-electron chi connectivity index (χ4n) is 1.71. The average molecular weight is 322 g/mol. The molecule has 0 saturated carbocycles. The largest absolute Gasteiger partial charge is 0.497 e. The minimum atomic E-state index is -0.278. The smallest absolute Gasteiger partial charge is 0.248 e. The topological polar surface area (TPSA) is 38.3 Å². The van der Waals surface area contributed by atoms with Gasteiger partial charge in [-0.2, -0.15) is 0 Å². The molecule has 0 fully saturated rings. The molecule has 5 heteroatoms. The lowest BCUT2D eigenvalue weighted by atomic mass is 10.2. The van der Waals surface area contributed by atoms with Crippen molar-refractivity contribution >= 4 is 40.9 Å². The van der Waals surface area contributed by atoms with E-state index in [0.29, 0.717) is 27.0 Å². The molecule has 2 aromatic rings. The molecule has 1 N–H and O–H groups in total. The lowest BCUT2D eigenvalue weighted by Gasteiger charge is -2.05. The number of amides is 1. The SMILES string of the molecule is COc1cccc(NC(=O)/C=C/c2c(Cl)cccc2Cl)c1. The summed E-state index contributed by atoms with van der Waals surface area (Å²) in [7, 11) is 1.57. The van der Waals surface area contributed by atoms with Crippen molar-refractivity contribution in [3.8, 4) is 5.75 Å². The average Bonchev–Trinajstić information content (AvgIpc) is 2.47. The summed E-state index contributed by atoms with van der Waals surface area (Å²) < 4.78 is 5.09. The predicted molar refractivity (Wildman–Crippen MR) is 87.1 cm³/mol. The number of hydrogen-bond donors (Lipinski definition) is 1. The van der Waals surface area contributed by atoms with Gasteiger partial charge in [-0.15, -0.1) is 0 Å². The van der Waals surface area contributed by atoms with Gasteiger partial charge in [0.05, 0.1) is 7.11 Å². The zero-order chi connectivity index (χ0) is 15.2. The van der Waals surface area contributed by atoms with Crippen molar-refractivity contribution in [1.82, 2.24) is 0 Å². The lowest BCUT2D eigenvalue weighted by molar-refractivity contribution is -0.111. The molecule has 0 atom stereocenters. The fourth-order valence-corrected chi connectivity index (χ4v) is 2.24. The predicted octanol–water partition coefficient (Wildman–Crippen LogP) is 4.65. The third-order valence-corrected chi connectivity index (χ3v) is 3.40. The van der Waals surface area contributed by atoms with Gasteiger partial charge in [0.15, 0.2) is 0 Å². The molecule has 0 aliphatic carbocycles. The van der Waals surface area contributed by atoms with Gasteiger partial charge >= 0.3 is 0 Å². The minimum absolute atomic E-state index is 0.278. The van der Waals surface area contributed by atoms with Gasteiger partial charge in [0, 0.05) is 33.4 Å². The van der Waals surface area contributed by atoms with Crippen LogP contribution in [-0.2, 0) is 4.79 Å². The maximum atomic E-state index is 11.9. The number of rotatable bonds is 4. The fraction of sp³-hybridized carbons (Fsp3) is 0.0625. The van der Waals surface area contributed by atoms with Crippen molar-refractivity contribution in [2.75, 3.05) is 12.4 Å². The van der Waals surface area contributed by atoms with E-state index < -0.39 is 0 Å². The van der Waals surface area contributed by atoms with Crippen LogP contribution in [0.5, 0.6) is 5.75 Å². The summed E-state index contributed by atoms with van der Waals surface area (Å²) in [4.78, 5) is 11.9. The Morgan fingerprint density at radius 1 is 1.14 bits per heavy atom. The number of carbonyl (C=O) groups excluding carboxylic acids is 1. The molecule has 2 rings (SSSR count). The molecule has 1 amide bonds. The summed E-state index contributed by atoms with van der Waals surface area (Å²) in [6.07, 6.45) is 2.97. The minimum Gasteiger partial charge on any atom is -0.497 e. The van der Waals surface area contributed by atoms with Crippen LogP contribution in [0.3, 0.4) is 0 Å². The van der Waals surface area contributed by atoms with E-state index in [1.807, 2.05) is 0 Å². The zero-order valence-electron chi connectivity index (χ0n) is 11.3. The van der Waals surface area contributed by atoms with Crippen molar-refractivity contribution < 1.29 is 9.53 Å². The first-order chi connectivity index (χ1) is 10.1. The molecule has 0 radical (unpaired) electrons. The molecule has 0 saturated heterocycles. The van der Waals surface area contributed by atoms with Crippen LogP contribution in [-0.4, -0.2) is 13.0 Å². The highest BCUT2D eigenvalue weighted by molar-refractivity contribution is 6.37. The summed E-state index contributed by atoms with van der Waals surface area (Å²) in [5.74, 6) is 0.394. The first-order valence-corrected chi connectivity index (χ1v) is 6.93. The normalized spacial score (nSPS) is 10.6. The summed E-state index contributed by atoms with van der Waals surface area (Å²) in [6, 6.07) is 12.3. The lowest BCUT2D eigenvalue weighted by Crippen LogP contribution is -2.07. The standard InChI is InChI=1S/C16H13Cl2NO2/c1-21-12-5-2-4-11(10-12)19-16(20)9-8-13-14(17)6-3-7-15(13)18/h2-10H,1H3,(H,19,20)/b9-8+. The van der Waals surface area contributed by atoms with E-state index in [-0.39, 0.29) is 5.91 Å². The Morgan fingerprint density at radius 2 is 1.81 bits per heavy atom. The molecule has 108 valence electrons. The van der Waals surface area contributed by atoms with Crippen molar-refractivity contribution in [2.45, 2.75) is 0 Å². The number of benzene rings is 2. The van der Waals surface area contributed by atoms with Crippen LogP contribution in [0.25, 0.3) is 6.08 Å². The molecular weight excluding hydrogens is 309 g/mol. The molecule has 0 aliphatic heterocycles. The van der Waals surface area contributed by atoms with Crippen LogP contribution in [0.1, 0.15) is 5.56 Å². The van der Waals surface area contributed by atoms with E-state index in [1.165, 1.54) is 6.08 Å². The second-order valence-corrected chi connectivity index (χ2v) is 5.00. The highest BCUT2D eigenvalue weighted by Gasteiger charge is 2.03. The van der Waals surface area contributed by atoms with Crippen molar-refractivity contribution in [2.24, 2.45) is 0 Å². The molecule has 0 heterocycles. The van der Waals surface area contributed by atoms with Gasteiger partial charge in [-0.05, 0) is 30.3 Å². The van der Waals surface area contributed by atoms with Crippen LogP contribution in [0.15, 0.2) is 48.5 Å². The molecule has 21 heavy (non-hydrogen) atoms. The molecular formula is C16H13Cl2NO2. The van der Waals surface area contributed by atoms with Crippen molar-refractivity contribution in [1.29, 1.82) is 0 Å². The molecule has 2 aromatic carbocycles. The number of anilines is 1. The summed E-state index contributed by atoms with van der Waals surface area (Å²) in [5.41, 5.74) is 1.26. The number of carbonyl (C=O) groups is 1. The molecule has 3 nitrogen and oxygen atoms in total. The quantitative estimate of drug-likeness (QED) is 0.832. The third kappa shape index (κ3) is 4.25. The van der Waals surface area contributed by atoms with Gasteiger partial charge in [0.1, 0.15) is 5.75 Å². The van der Waals surface area contributed by atoms with Crippen LogP contribution >= 0.6 is 23.2 Å². The van der Waals surface area contributed by atoms with Gasteiger partial charge in [-0.1, -0.05) is 35.3 Å². The van der Waals surface area contributed by atoms with Crippen molar-refractivity contribution in [3.63, 3.8) is 0 Å². The number of hydrogen-bond acceptors (Lipinski definition) is 2. The summed E-state index contributed by atoms with van der Waals surface area (Å²) in [5, 5.41) is 3.72. The van der Waals surface area contributed by atoms with Gasteiger partial charge in [0.2, 0.25) is 5.91 Å². The maximum Gasteiger partial charge on any atom is 0.248 e. The van der Waals surface area contributed by atoms with Crippen LogP contribution in [0.2, 0.25) is 10.0 Å². The second kappa shape index (κ2) is 7.16. The van der Waals surface area contributed by atoms with E-state index in [1.54, 1.807) is 55.7 Å². The Labute approximate surface area is 133 Å². The molecule has 0 aromatic heterocycles. The number of methoxy groups -OCH3 is 1. The zero-order valence-corrected chi connectivity index (χ0v) is 12.8. The molecule has 0 bridgehead atoms. The molecule has 0 aliphatic rings. The monoisotopic (exact) mass is 321 g/mol. The first-order valence-electron chi connectivity index (χ1n) is 6.17. The number of nitrogens with one attached hydrogen (secondary N) is 1. The van der Waals surface area contributed by atoms with Gasteiger partial charge in [-0.25, -0.2) is 0 Å². The van der Waals surface area contributed by atoms with Gasteiger partial charge in [0.25, 0.3) is 0 Å². The van der Waals surface area contributed by atoms with Crippen LogP contribution < -0.4 is 10.1 Å². The van der Waals surface area contributed by atoms with Crippen LogP contribution in [0, 0.1) is 0 Å². The van der Waals surface area contributed by atoms with E-state index in [4.69, 9.17) is 27.9 Å². The van der Waals surface area contributed by atoms with Crippen molar-refractivity contribution in [3.05, 3.63) is 64.1 Å². The Hall–Kier alpha value is -1.97. The number of halogens is 2. The van der Waals surface area contributed by atoms with Gasteiger partial charge < -0.3 is 10.1 Å². The highest BCUT2D eigenvalue weighted by Crippen LogP contribution is 2.25. The summed E-state index contributed by atoms with van der Waals surface area (Å²) in [6.45, 7) is 0. The number of ether oxygens (including phenoxy) is 1. The Morgan fingerprint density at radius 3 is 2.48 bits per heavy atom. The van der Waals surface area contributed by atoms with E-state index >= 15 is 0 Å². The van der Waals surface area contributed by atoms with Crippen LogP contribution in [0.4, 0.5) is 5.69 Å². The molecule has 0 spiro atoms. The summed E-state index contributed by atoms with van der Waals surface area (Å²) >= 11 is 12.1. The van der Waals surface area contributed by atoms with E-state index in [2.05, 4.69) is 5.32 Å². The Kier molecular flexibility index (Phi) is 5.26. The maximum absolute atomic E-state index is 11.9. The Bertz CT molecular complexity index is 663. The first kappa shape index (κ1) is 15.4. The molecule has 0 unspecified atom stereocenters. The highest BCUT2D eigenvalue weighted by atomic mass is 35.5. The Balaban J connectivity index is 2.09.